The molecule has 0 aliphatic carbocycles. The van der Waals surface area contributed by atoms with Crippen LogP contribution in [-0.4, -0.2) is 66.8 Å². The van der Waals surface area contributed by atoms with Crippen molar-refractivity contribution in [2.45, 2.75) is 369 Å². The van der Waals surface area contributed by atoms with Gasteiger partial charge in [0, 0.05) is 48.5 Å². The zero-order valence-electron chi connectivity index (χ0n) is 89.9. The van der Waals surface area contributed by atoms with Crippen LogP contribution in [0.4, 0.5) is 18.9 Å². The first-order chi connectivity index (χ1) is 56.9. The van der Waals surface area contributed by atoms with Crippen LogP contribution >= 0.6 is 0 Å². The molecule has 0 aliphatic heterocycles. The third-order valence-corrected chi connectivity index (χ3v) is 19.7. The van der Waals surface area contributed by atoms with E-state index in [1.165, 1.54) is 62.2 Å². The summed E-state index contributed by atoms with van der Waals surface area (Å²) in [5.74, 6) is 4.41. The average molecular weight is 1770 g/mol. The minimum atomic E-state index is -0.897. The van der Waals surface area contributed by atoms with Crippen LogP contribution in [0.5, 0.6) is 46.0 Å². The predicted molar refractivity (Wildman–Crippen MR) is 540 cm³/mol. The number of anilines is 1. The highest BCUT2D eigenvalue weighted by Crippen LogP contribution is 2.42. The van der Waals surface area contributed by atoms with Gasteiger partial charge in [0.05, 0.1) is 53.9 Å². The first-order valence-corrected chi connectivity index (χ1v) is 45.9. The molecule has 7 aromatic rings. The monoisotopic (exact) mass is 1770 g/mol. The van der Waals surface area contributed by atoms with Crippen LogP contribution in [0.25, 0.3) is 0 Å². The van der Waals surface area contributed by atoms with Crippen molar-refractivity contribution in [2.24, 2.45) is 37.9 Å². The Kier molecular flexibility index (Phi) is 43.2. The molecular formula is C114H182F3NO9. The van der Waals surface area contributed by atoms with Gasteiger partial charge in [-0.15, -0.1) is 0 Å². The van der Waals surface area contributed by atoms with E-state index in [1.807, 2.05) is 93.6 Å². The van der Waals surface area contributed by atoms with Gasteiger partial charge in [-0.05, 0) is 221 Å². The Morgan fingerprint density at radius 1 is 0.283 bits per heavy atom. The van der Waals surface area contributed by atoms with E-state index in [4.69, 9.17) is 37.9 Å². The number of benzene rings is 7. The van der Waals surface area contributed by atoms with Gasteiger partial charge in [-0.2, -0.15) is 4.39 Å². The van der Waals surface area contributed by atoms with Crippen LogP contribution in [-0.2, 0) is 42.7 Å². The summed E-state index contributed by atoms with van der Waals surface area (Å²) in [5.41, 5.74) is 14.6. The van der Waals surface area contributed by atoms with Crippen molar-refractivity contribution in [3.63, 3.8) is 0 Å². The molecule has 0 saturated carbocycles. The van der Waals surface area contributed by atoms with Gasteiger partial charge < -0.3 is 42.8 Å². The van der Waals surface area contributed by atoms with Crippen LogP contribution in [0.2, 0.25) is 0 Å². The highest BCUT2D eigenvalue weighted by Gasteiger charge is 2.30. The van der Waals surface area contributed by atoms with Gasteiger partial charge in [0.1, 0.15) is 46.1 Å². The van der Waals surface area contributed by atoms with E-state index in [9.17, 15) is 18.0 Å². The van der Waals surface area contributed by atoms with E-state index < -0.39 is 17.0 Å². The molecule has 718 valence electrons. The van der Waals surface area contributed by atoms with Crippen molar-refractivity contribution < 1.29 is 55.9 Å². The highest BCUT2D eigenvalue weighted by molar-refractivity contribution is 5.93. The van der Waals surface area contributed by atoms with E-state index in [0.717, 1.165) is 65.4 Å². The standard InChI is InChI=1S/C19H31NO.2C17H28O2.C16H26O.C15H22F2O.C15H23FO.C15H24O/c1-14-13-15(9-10-16(14)19(5,6)7)20(8)17(21)11-12-18(2,3)4;1-12-9-13(19-11-16(2,3)4)10-14(18-8)15(12)17(5,6)7;1-12-9-13(18-8)10-14(15(12)17(5,6)7)19-11-16(2,3)4;1-12-10-13(17-11-15(2,3)4)8-9-14(12)16(5,6)7;1-14(2,3)9-18-11-8-7-10(15(4,5)6)12(16)13(11)17;1-14(2,3)10-17-11-7-8-12(13(16)9-11)15(4,5)6;1-14(2,3)11-16-13-9-7-12(8-10-13)15(4,5)6/h9-10,13H,11-12H2,1-8H3;2*9-10H,11H2,1-8H3;8-10H,11H2,1-7H3;7-8H,9H2,1-6H3;7-9H,10H2,1-6H3;7-10H,11H2,1-6H3. The number of methoxy groups -OCH3 is 2. The summed E-state index contributed by atoms with van der Waals surface area (Å²) in [6.07, 6.45) is 1.51. The number of aryl methyl sites for hydroxylation is 4. The highest BCUT2D eigenvalue weighted by atomic mass is 19.2. The zero-order chi connectivity index (χ0) is 99.2. The molecule has 0 radical (unpaired) electrons. The quantitative estimate of drug-likeness (QED) is 0.0883. The average Bonchev–Trinajstić information content (AvgIpc) is 0.798. The lowest BCUT2D eigenvalue weighted by molar-refractivity contribution is -0.118. The van der Waals surface area contributed by atoms with Crippen LogP contribution in [0.15, 0.2) is 115 Å². The number of ether oxygens (including phenoxy) is 8. The number of halogens is 3. The van der Waals surface area contributed by atoms with Crippen molar-refractivity contribution in [1.29, 1.82) is 0 Å². The summed E-state index contributed by atoms with van der Waals surface area (Å²) in [6, 6.07) is 37.6. The van der Waals surface area contributed by atoms with E-state index in [0.29, 0.717) is 44.2 Å². The molecule has 0 aliphatic rings. The van der Waals surface area contributed by atoms with E-state index in [-0.39, 0.29) is 87.9 Å². The van der Waals surface area contributed by atoms with E-state index >= 15 is 0 Å². The number of rotatable bonds is 17. The maximum Gasteiger partial charge on any atom is 0.226 e. The lowest BCUT2D eigenvalue weighted by Gasteiger charge is -2.28. The number of amides is 1. The molecule has 0 fully saturated rings. The molecule has 0 aromatic heterocycles. The molecule has 7 rings (SSSR count). The topological polar surface area (TPSA) is 94.2 Å². The minimum Gasteiger partial charge on any atom is -0.497 e. The predicted octanol–water partition coefficient (Wildman–Crippen LogP) is 32.9. The van der Waals surface area contributed by atoms with Crippen LogP contribution < -0.4 is 42.8 Å². The third kappa shape index (κ3) is 46.0. The molecule has 0 unspecified atom stereocenters. The maximum atomic E-state index is 13.9. The number of nitrogens with zero attached hydrogens (tertiary/aromatic N) is 1. The molecule has 0 saturated heterocycles. The molecule has 0 atom stereocenters. The molecular weight excluding hydrogens is 1580 g/mol. The summed E-state index contributed by atoms with van der Waals surface area (Å²) in [4.78, 5) is 14.1. The Labute approximate surface area is 775 Å². The minimum absolute atomic E-state index is 0.0181. The van der Waals surface area contributed by atoms with Gasteiger partial charge in [0.15, 0.2) is 11.6 Å². The van der Waals surface area contributed by atoms with Gasteiger partial charge in [-0.25, -0.2) is 8.78 Å². The van der Waals surface area contributed by atoms with Crippen molar-refractivity contribution in [1.82, 2.24) is 0 Å². The second-order valence-electron chi connectivity index (χ2n) is 50.4. The van der Waals surface area contributed by atoms with Crippen LogP contribution in [0.3, 0.4) is 0 Å². The summed E-state index contributed by atoms with van der Waals surface area (Å²) in [6.45, 7) is 102. The lowest BCUT2D eigenvalue weighted by atomic mass is 9.83. The van der Waals surface area contributed by atoms with Crippen molar-refractivity contribution in [3.8, 4) is 46.0 Å². The van der Waals surface area contributed by atoms with Gasteiger partial charge in [0.25, 0.3) is 0 Å². The smallest absolute Gasteiger partial charge is 0.226 e. The summed E-state index contributed by atoms with van der Waals surface area (Å²) < 4.78 is 87.0. The number of hydrogen-bond acceptors (Lipinski definition) is 9. The first-order valence-electron chi connectivity index (χ1n) is 45.9. The Bertz CT molecular complexity index is 4430. The maximum absolute atomic E-state index is 13.9. The second-order valence-corrected chi connectivity index (χ2v) is 50.4. The molecule has 0 bridgehead atoms. The molecule has 127 heavy (non-hydrogen) atoms. The first kappa shape index (κ1) is 117. The zero-order valence-corrected chi connectivity index (χ0v) is 89.9. The van der Waals surface area contributed by atoms with E-state index in [2.05, 4.69) is 329 Å². The summed E-state index contributed by atoms with van der Waals surface area (Å²) in [7, 11) is 5.28. The Morgan fingerprint density at radius 2 is 0.606 bits per heavy atom. The van der Waals surface area contributed by atoms with Crippen molar-refractivity contribution in [2.75, 3.05) is 65.8 Å². The molecule has 1 amide bonds. The summed E-state index contributed by atoms with van der Waals surface area (Å²) >= 11 is 0. The molecule has 0 spiro atoms. The number of carbonyl (C=O) groups is 1. The Hall–Kier alpha value is -7.80. The normalized spacial score (nSPS) is 12.5. The Balaban J connectivity index is 0.000000742. The van der Waals surface area contributed by atoms with Gasteiger partial charge in [-0.3, -0.25) is 4.79 Å². The van der Waals surface area contributed by atoms with Crippen LogP contribution in [0.1, 0.15) is 365 Å². The fourth-order valence-electron chi connectivity index (χ4n) is 13.2. The van der Waals surface area contributed by atoms with E-state index in [1.54, 1.807) is 25.2 Å². The van der Waals surface area contributed by atoms with Crippen molar-refractivity contribution >= 4 is 11.6 Å². The third-order valence-electron chi connectivity index (χ3n) is 19.7. The van der Waals surface area contributed by atoms with Gasteiger partial charge in [0.2, 0.25) is 11.7 Å². The number of carbonyl (C=O) groups excluding carboxylic acids is 1. The fraction of sp³-hybridized carbons (Fsp3) is 0.623. The fourth-order valence-corrected chi connectivity index (χ4v) is 13.2. The number of hydrogen-bond donors (Lipinski definition) is 0. The SMILES string of the molecule is CC(C)(C)COc1ccc(C(C)(C)C)c(F)c1.CC(C)(C)COc1ccc(C(C)(C)C)c(F)c1F.CC(C)(C)COc1ccc(C(C)(C)C)cc1.COc1cc(C)c(C(C)(C)C)c(OCC(C)(C)C)c1.COc1cc(OCC(C)(C)C)cc(C)c1C(C)(C)C.Cc1cc(N(C)C(=O)CCC(C)(C)C)ccc1C(C)(C)C.Cc1cc(OCC(C)(C)C)ccc1C(C)(C)C. The molecule has 0 N–H and O–H groups in total. The molecule has 13 heteroatoms. The molecule has 0 heterocycles. The lowest BCUT2D eigenvalue weighted by Crippen LogP contribution is -2.27. The molecule has 7 aromatic carbocycles. The van der Waals surface area contributed by atoms with Gasteiger partial charge >= 0.3 is 0 Å². The van der Waals surface area contributed by atoms with Crippen molar-refractivity contribution in [3.05, 3.63) is 194 Å². The Morgan fingerprint density at radius 3 is 0.961 bits per heavy atom. The molecule has 10 nitrogen and oxygen atoms in total. The van der Waals surface area contributed by atoms with Gasteiger partial charge in [-0.1, -0.05) is 327 Å². The largest absolute Gasteiger partial charge is 0.497 e. The summed E-state index contributed by atoms with van der Waals surface area (Å²) in [5, 5.41) is 0. The van der Waals surface area contributed by atoms with Crippen LogP contribution in [0, 0.1) is 83.1 Å². The second kappa shape index (κ2) is 46.8.